The van der Waals surface area contributed by atoms with Crippen molar-refractivity contribution in [1.29, 1.82) is 0 Å². The number of carbonyl (C=O) groups excluding carboxylic acids is 3. The summed E-state index contributed by atoms with van der Waals surface area (Å²) in [5.41, 5.74) is 2.35. The fourth-order valence-electron chi connectivity index (χ4n) is 5.10. The highest BCUT2D eigenvalue weighted by molar-refractivity contribution is 6.43. The Bertz CT molecular complexity index is 1150. The van der Waals surface area contributed by atoms with Crippen LogP contribution >= 0.6 is 23.2 Å². The van der Waals surface area contributed by atoms with Crippen LogP contribution in [0.3, 0.4) is 0 Å². The van der Waals surface area contributed by atoms with Crippen LogP contribution < -0.4 is 15.0 Å². The molecule has 0 radical (unpaired) electrons. The van der Waals surface area contributed by atoms with E-state index in [4.69, 9.17) is 27.9 Å². The lowest BCUT2D eigenvalue weighted by molar-refractivity contribution is -0.125. The normalized spacial score (nSPS) is 16.3. The van der Waals surface area contributed by atoms with Crippen molar-refractivity contribution < 1.29 is 19.1 Å². The number of piperazine rings is 1. The van der Waals surface area contributed by atoms with E-state index in [0.717, 1.165) is 63.1 Å². The number of rotatable bonds is 12. The van der Waals surface area contributed by atoms with Crippen LogP contribution in [0.15, 0.2) is 36.4 Å². The lowest BCUT2D eigenvalue weighted by atomic mass is 10.1. The van der Waals surface area contributed by atoms with Crippen molar-refractivity contribution in [2.45, 2.75) is 38.3 Å². The van der Waals surface area contributed by atoms with E-state index in [1.165, 1.54) is 11.9 Å². The van der Waals surface area contributed by atoms with E-state index in [0.29, 0.717) is 40.9 Å². The number of nitrogens with one attached hydrogen (secondary N) is 1. The molecule has 0 aliphatic carbocycles. The Morgan fingerprint density at radius 1 is 1.11 bits per heavy atom. The molecule has 1 saturated heterocycles. The van der Waals surface area contributed by atoms with Gasteiger partial charge in [0, 0.05) is 50.8 Å². The Morgan fingerprint density at radius 3 is 2.61 bits per heavy atom. The Labute approximate surface area is 233 Å². The van der Waals surface area contributed by atoms with Gasteiger partial charge in [0.25, 0.3) is 5.91 Å². The van der Waals surface area contributed by atoms with Gasteiger partial charge in [-0.25, -0.2) is 0 Å². The molecule has 10 heteroatoms. The minimum Gasteiger partial charge on any atom is -0.493 e. The number of amides is 2. The summed E-state index contributed by atoms with van der Waals surface area (Å²) in [6.07, 6.45) is 3.17. The predicted molar refractivity (Wildman–Crippen MR) is 149 cm³/mol. The Hall–Kier alpha value is -2.81. The summed E-state index contributed by atoms with van der Waals surface area (Å²) in [5, 5.41) is 3.80. The van der Waals surface area contributed by atoms with Crippen LogP contribution in [0.25, 0.3) is 0 Å². The highest BCUT2D eigenvalue weighted by Crippen LogP contribution is 2.34. The standard InChI is InChI=1S/C28H34Cl2N4O4/c1-31-27(36)24(10-6-17-35)34-19-21-20(28(34)37)7-4-11-25(21)38-18-3-2-12-32-13-15-33(16-14-32)23-9-5-8-22(29)26(23)30/h4-5,7-9,11,17,24H,2-3,6,10,12-16,18-19H2,1H3,(H,31,36). The zero-order valence-corrected chi connectivity index (χ0v) is 23.1. The molecule has 1 atom stereocenters. The van der Waals surface area contributed by atoms with Crippen LogP contribution in [-0.4, -0.2) is 80.3 Å². The molecule has 204 valence electrons. The maximum absolute atomic E-state index is 13.1. The summed E-state index contributed by atoms with van der Waals surface area (Å²) in [6, 6.07) is 10.5. The van der Waals surface area contributed by atoms with Gasteiger partial charge in [-0.3, -0.25) is 14.5 Å². The van der Waals surface area contributed by atoms with E-state index in [9.17, 15) is 14.4 Å². The first-order valence-corrected chi connectivity index (χ1v) is 13.8. The molecule has 2 aromatic carbocycles. The average Bonchev–Trinajstić information content (AvgIpc) is 3.27. The largest absolute Gasteiger partial charge is 0.493 e. The van der Waals surface area contributed by atoms with Gasteiger partial charge in [0.2, 0.25) is 5.91 Å². The van der Waals surface area contributed by atoms with Crippen molar-refractivity contribution in [3.63, 3.8) is 0 Å². The van der Waals surface area contributed by atoms with Gasteiger partial charge in [0.05, 0.1) is 28.9 Å². The molecule has 2 heterocycles. The molecular formula is C28H34Cl2N4O4. The smallest absolute Gasteiger partial charge is 0.255 e. The number of likely N-dealkylation sites (N-methyl/N-ethyl adjacent to an activating group) is 1. The molecule has 8 nitrogen and oxygen atoms in total. The molecule has 1 unspecified atom stereocenters. The second kappa shape index (κ2) is 13.3. The fraction of sp³-hybridized carbons (Fsp3) is 0.464. The first-order valence-electron chi connectivity index (χ1n) is 13.1. The third-order valence-electron chi connectivity index (χ3n) is 7.21. The fourth-order valence-corrected chi connectivity index (χ4v) is 5.52. The van der Waals surface area contributed by atoms with Gasteiger partial charge < -0.3 is 24.6 Å². The Kier molecular flexibility index (Phi) is 9.88. The Morgan fingerprint density at radius 2 is 1.87 bits per heavy atom. The monoisotopic (exact) mass is 560 g/mol. The van der Waals surface area contributed by atoms with Crippen LogP contribution in [0, 0.1) is 0 Å². The molecule has 0 saturated carbocycles. The predicted octanol–water partition coefficient (Wildman–Crippen LogP) is 4.02. The third-order valence-corrected chi connectivity index (χ3v) is 8.02. The van der Waals surface area contributed by atoms with E-state index in [1.54, 1.807) is 12.1 Å². The zero-order valence-electron chi connectivity index (χ0n) is 21.6. The van der Waals surface area contributed by atoms with Crippen molar-refractivity contribution in [3.8, 4) is 5.75 Å². The number of ether oxygens (including phenoxy) is 1. The quantitative estimate of drug-likeness (QED) is 0.312. The number of fused-ring (bicyclic) bond motifs is 1. The van der Waals surface area contributed by atoms with Crippen LogP contribution in [0.2, 0.25) is 10.0 Å². The number of hydrogen-bond donors (Lipinski definition) is 1. The number of carbonyl (C=O) groups is 3. The molecule has 0 aromatic heterocycles. The van der Waals surface area contributed by atoms with Crippen LogP contribution in [0.5, 0.6) is 5.75 Å². The number of unbranched alkanes of at least 4 members (excludes halogenated alkanes) is 1. The van der Waals surface area contributed by atoms with Crippen molar-refractivity contribution in [3.05, 3.63) is 57.6 Å². The van der Waals surface area contributed by atoms with Crippen molar-refractivity contribution >= 4 is 47.0 Å². The molecule has 2 aliphatic heterocycles. The molecule has 1 fully saturated rings. The molecular weight excluding hydrogens is 527 g/mol. The zero-order chi connectivity index (χ0) is 27.1. The van der Waals surface area contributed by atoms with Crippen molar-refractivity contribution in [2.24, 2.45) is 0 Å². The molecule has 38 heavy (non-hydrogen) atoms. The van der Waals surface area contributed by atoms with E-state index in [-0.39, 0.29) is 18.2 Å². The first-order chi connectivity index (χ1) is 18.4. The topological polar surface area (TPSA) is 82.2 Å². The van der Waals surface area contributed by atoms with Crippen molar-refractivity contribution in [1.82, 2.24) is 15.1 Å². The van der Waals surface area contributed by atoms with Gasteiger partial charge in [0.15, 0.2) is 0 Å². The van der Waals surface area contributed by atoms with E-state index < -0.39 is 6.04 Å². The lowest BCUT2D eigenvalue weighted by Crippen LogP contribution is -2.46. The maximum Gasteiger partial charge on any atom is 0.255 e. The number of aldehydes is 1. The summed E-state index contributed by atoms with van der Waals surface area (Å²) < 4.78 is 6.09. The highest BCUT2D eigenvalue weighted by Gasteiger charge is 2.37. The van der Waals surface area contributed by atoms with E-state index >= 15 is 0 Å². The maximum atomic E-state index is 13.1. The van der Waals surface area contributed by atoms with E-state index in [2.05, 4.69) is 15.1 Å². The minimum absolute atomic E-state index is 0.205. The number of anilines is 1. The average molecular weight is 562 g/mol. The lowest BCUT2D eigenvalue weighted by Gasteiger charge is -2.36. The summed E-state index contributed by atoms with van der Waals surface area (Å²) >= 11 is 12.6. The minimum atomic E-state index is -0.687. The number of benzene rings is 2. The first kappa shape index (κ1) is 28.2. The molecule has 0 bridgehead atoms. The summed E-state index contributed by atoms with van der Waals surface area (Å²) in [5.74, 6) is 0.200. The van der Waals surface area contributed by atoms with Gasteiger partial charge in [-0.05, 0) is 50.1 Å². The molecule has 2 aliphatic rings. The molecule has 2 aromatic rings. The second-order valence-electron chi connectivity index (χ2n) is 9.55. The Balaban J connectivity index is 1.24. The van der Waals surface area contributed by atoms with Gasteiger partial charge in [-0.1, -0.05) is 35.3 Å². The molecule has 2 amide bonds. The molecule has 1 N–H and O–H groups in total. The summed E-state index contributed by atoms with van der Waals surface area (Å²) in [6.45, 7) is 5.57. The van der Waals surface area contributed by atoms with Gasteiger partial charge in [0.1, 0.15) is 18.1 Å². The number of halogens is 2. The SMILES string of the molecule is CNC(=O)C(CCC=O)N1Cc2c(OCCCCN3CCN(c4cccc(Cl)c4Cl)CC3)cccc2C1=O. The van der Waals surface area contributed by atoms with Crippen LogP contribution in [-0.2, 0) is 16.1 Å². The van der Waals surface area contributed by atoms with Gasteiger partial charge in [-0.15, -0.1) is 0 Å². The van der Waals surface area contributed by atoms with Crippen LogP contribution in [0.1, 0.15) is 41.6 Å². The van der Waals surface area contributed by atoms with Gasteiger partial charge in [-0.2, -0.15) is 0 Å². The molecule has 4 rings (SSSR count). The van der Waals surface area contributed by atoms with Gasteiger partial charge >= 0.3 is 0 Å². The third kappa shape index (κ3) is 6.42. The van der Waals surface area contributed by atoms with Crippen molar-refractivity contribution in [2.75, 3.05) is 51.3 Å². The number of nitrogens with zero attached hydrogens (tertiary/aromatic N) is 3. The highest BCUT2D eigenvalue weighted by atomic mass is 35.5. The summed E-state index contributed by atoms with van der Waals surface area (Å²) in [4.78, 5) is 42.6. The number of hydrogen-bond acceptors (Lipinski definition) is 6. The summed E-state index contributed by atoms with van der Waals surface area (Å²) in [7, 11) is 1.54. The van der Waals surface area contributed by atoms with Crippen LogP contribution in [0.4, 0.5) is 5.69 Å². The molecule has 0 spiro atoms. The van der Waals surface area contributed by atoms with E-state index in [1.807, 2.05) is 24.3 Å². The second-order valence-corrected chi connectivity index (χ2v) is 10.3.